The van der Waals surface area contributed by atoms with Crippen LogP contribution in [0.3, 0.4) is 0 Å². The number of benzene rings is 2. The summed E-state index contributed by atoms with van der Waals surface area (Å²) >= 11 is 0. The molecular weight excluding hydrogens is 392 g/mol. The van der Waals surface area contributed by atoms with Crippen molar-refractivity contribution in [2.24, 2.45) is 0 Å². The summed E-state index contributed by atoms with van der Waals surface area (Å²) in [6, 6.07) is 17.2. The van der Waals surface area contributed by atoms with Gasteiger partial charge in [-0.3, -0.25) is 14.6 Å². The van der Waals surface area contributed by atoms with E-state index in [0.717, 1.165) is 16.5 Å². The Morgan fingerprint density at radius 1 is 1.03 bits per heavy atom. The molecule has 7 heteroatoms. The van der Waals surface area contributed by atoms with E-state index < -0.39 is 6.04 Å². The molecule has 0 aliphatic heterocycles. The molecule has 0 aliphatic carbocycles. The fourth-order valence-corrected chi connectivity index (χ4v) is 3.38. The summed E-state index contributed by atoms with van der Waals surface area (Å²) in [5, 5.41) is 6.74. The second kappa shape index (κ2) is 9.13. The molecule has 0 radical (unpaired) electrons. The van der Waals surface area contributed by atoms with Gasteiger partial charge in [0.1, 0.15) is 11.8 Å². The highest BCUT2D eigenvalue weighted by atomic mass is 16.5. The Bertz CT molecular complexity index is 1190. The first-order valence-electron chi connectivity index (χ1n) is 9.85. The number of aromatic nitrogens is 2. The third kappa shape index (κ3) is 4.72. The van der Waals surface area contributed by atoms with Crippen LogP contribution in [0.5, 0.6) is 5.75 Å². The third-order valence-electron chi connectivity index (χ3n) is 5.02. The van der Waals surface area contributed by atoms with E-state index >= 15 is 0 Å². The fraction of sp³-hybridized carbons (Fsp3) is 0.125. The summed E-state index contributed by atoms with van der Waals surface area (Å²) in [6.07, 6.45) is 5.40. The fourth-order valence-electron chi connectivity index (χ4n) is 3.38. The molecule has 0 fully saturated rings. The van der Waals surface area contributed by atoms with Crippen LogP contribution in [0.15, 0.2) is 79.3 Å². The molecule has 156 valence electrons. The predicted octanol–water partition coefficient (Wildman–Crippen LogP) is 3.55. The van der Waals surface area contributed by atoms with E-state index in [9.17, 15) is 9.59 Å². The molecule has 4 aromatic rings. The number of rotatable bonds is 7. The van der Waals surface area contributed by atoms with Gasteiger partial charge in [-0.15, -0.1) is 0 Å². The zero-order chi connectivity index (χ0) is 21.6. The molecular formula is C24H22N4O3. The first-order valence-corrected chi connectivity index (χ1v) is 9.85. The monoisotopic (exact) mass is 414 g/mol. The normalized spacial score (nSPS) is 11.6. The lowest BCUT2D eigenvalue weighted by molar-refractivity contribution is -0.118. The van der Waals surface area contributed by atoms with Crippen molar-refractivity contribution in [1.82, 2.24) is 15.3 Å². The molecule has 1 atom stereocenters. The van der Waals surface area contributed by atoms with Crippen molar-refractivity contribution in [1.29, 1.82) is 0 Å². The van der Waals surface area contributed by atoms with Gasteiger partial charge in [-0.2, -0.15) is 0 Å². The molecule has 0 spiro atoms. The standard InChI is InChI=1S/C24H22N4O3/c1-31-19-8-6-16(7-9-19)23(29)28-22(24(30)27-18-10-12-25-13-11-18)14-17-15-26-21-5-3-2-4-20(17)21/h2-13,15,22,26H,14H2,1H3,(H,28,29)(H,25,27,30). The highest BCUT2D eigenvalue weighted by Gasteiger charge is 2.23. The van der Waals surface area contributed by atoms with Crippen LogP contribution >= 0.6 is 0 Å². The molecule has 7 nitrogen and oxygen atoms in total. The number of nitrogens with zero attached hydrogens (tertiary/aromatic N) is 1. The molecule has 0 aliphatic rings. The lowest BCUT2D eigenvalue weighted by atomic mass is 10.0. The topological polar surface area (TPSA) is 96.1 Å². The highest BCUT2D eigenvalue weighted by molar-refractivity contribution is 6.01. The van der Waals surface area contributed by atoms with Gasteiger partial charge in [0.2, 0.25) is 5.91 Å². The summed E-state index contributed by atoms with van der Waals surface area (Å²) in [7, 11) is 1.57. The van der Waals surface area contributed by atoms with Crippen molar-refractivity contribution in [2.45, 2.75) is 12.5 Å². The second-order valence-corrected chi connectivity index (χ2v) is 7.04. The number of methoxy groups -OCH3 is 1. The molecule has 0 saturated heterocycles. The van der Waals surface area contributed by atoms with Gasteiger partial charge < -0.3 is 20.4 Å². The van der Waals surface area contributed by atoms with E-state index in [0.29, 0.717) is 23.4 Å². The van der Waals surface area contributed by atoms with Gasteiger partial charge in [-0.1, -0.05) is 18.2 Å². The van der Waals surface area contributed by atoms with Crippen LogP contribution < -0.4 is 15.4 Å². The van der Waals surface area contributed by atoms with E-state index in [1.54, 1.807) is 55.9 Å². The summed E-state index contributed by atoms with van der Waals surface area (Å²) in [4.78, 5) is 33.1. The maximum atomic E-state index is 13.1. The van der Waals surface area contributed by atoms with E-state index in [-0.39, 0.29) is 11.8 Å². The number of carbonyl (C=O) groups is 2. The van der Waals surface area contributed by atoms with E-state index in [1.165, 1.54) is 0 Å². The zero-order valence-electron chi connectivity index (χ0n) is 17.0. The largest absolute Gasteiger partial charge is 0.497 e. The van der Waals surface area contributed by atoms with Crippen molar-refractivity contribution in [2.75, 3.05) is 12.4 Å². The summed E-state index contributed by atoms with van der Waals surface area (Å²) < 4.78 is 5.14. The molecule has 2 aromatic carbocycles. The molecule has 3 N–H and O–H groups in total. The van der Waals surface area contributed by atoms with Gasteiger partial charge in [0.15, 0.2) is 0 Å². The number of anilines is 1. The third-order valence-corrected chi connectivity index (χ3v) is 5.02. The number of nitrogens with one attached hydrogen (secondary N) is 3. The number of amides is 2. The minimum absolute atomic E-state index is 0.307. The average Bonchev–Trinajstić information content (AvgIpc) is 3.22. The highest BCUT2D eigenvalue weighted by Crippen LogP contribution is 2.20. The Morgan fingerprint density at radius 2 is 1.77 bits per heavy atom. The minimum Gasteiger partial charge on any atom is -0.497 e. The molecule has 4 rings (SSSR count). The quantitative estimate of drug-likeness (QED) is 0.431. The van der Waals surface area contributed by atoms with Crippen LogP contribution in [0.1, 0.15) is 15.9 Å². The average molecular weight is 414 g/mol. The number of fused-ring (bicyclic) bond motifs is 1. The Morgan fingerprint density at radius 3 is 2.52 bits per heavy atom. The van der Waals surface area contributed by atoms with Crippen LogP contribution in [-0.4, -0.2) is 34.9 Å². The van der Waals surface area contributed by atoms with Gasteiger partial charge in [0, 0.05) is 47.2 Å². The summed E-state index contributed by atoms with van der Waals surface area (Å²) in [6.45, 7) is 0. The Balaban J connectivity index is 1.58. The van der Waals surface area contributed by atoms with Crippen LogP contribution in [0.2, 0.25) is 0 Å². The van der Waals surface area contributed by atoms with Gasteiger partial charge in [-0.25, -0.2) is 0 Å². The van der Waals surface area contributed by atoms with E-state index in [4.69, 9.17) is 4.74 Å². The van der Waals surface area contributed by atoms with Crippen molar-refractivity contribution in [3.05, 3.63) is 90.4 Å². The molecule has 2 aromatic heterocycles. The predicted molar refractivity (Wildman–Crippen MR) is 119 cm³/mol. The number of aromatic amines is 1. The van der Waals surface area contributed by atoms with Crippen LogP contribution in [0.25, 0.3) is 10.9 Å². The number of carbonyl (C=O) groups excluding carboxylic acids is 2. The number of hydrogen-bond acceptors (Lipinski definition) is 4. The number of ether oxygens (including phenoxy) is 1. The van der Waals surface area contributed by atoms with Crippen molar-refractivity contribution in [3.8, 4) is 5.75 Å². The summed E-state index contributed by atoms with van der Waals surface area (Å²) in [5.74, 6) is 0.0121. The molecule has 2 amide bonds. The van der Waals surface area contributed by atoms with Crippen molar-refractivity contribution < 1.29 is 14.3 Å². The Hall–Kier alpha value is -4.13. The number of H-pyrrole nitrogens is 1. The maximum absolute atomic E-state index is 13.1. The van der Waals surface area contributed by atoms with Gasteiger partial charge in [-0.05, 0) is 48.0 Å². The van der Waals surface area contributed by atoms with E-state index in [2.05, 4.69) is 20.6 Å². The molecule has 31 heavy (non-hydrogen) atoms. The molecule has 2 heterocycles. The van der Waals surface area contributed by atoms with Crippen LogP contribution in [0, 0.1) is 0 Å². The lowest BCUT2D eigenvalue weighted by Gasteiger charge is -2.18. The number of pyridine rings is 1. The van der Waals surface area contributed by atoms with Crippen molar-refractivity contribution >= 4 is 28.4 Å². The Labute approximate surface area is 179 Å². The maximum Gasteiger partial charge on any atom is 0.251 e. The molecule has 0 bridgehead atoms. The summed E-state index contributed by atoms with van der Waals surface area (Å²) in [5.41, 5.74) is 2.98. The Kier molecular flexibility index (Phi) is 5.93. The van der Waals surface area contributed by atoms with Crippen LogP contribution in [0.4, 0.5) is 5.69 Å². The van der Waals surface area contributed by atoms with Gasteiger partial charge in [0.25, 0.3) is 5.91 Å². The lowest BCUT2D eigenvalue weighted by Crippen LogP contribution is -2.45. The smallest absolute Gasteiger partial charge is 0.251 e. The number of hydrogen-bond donors (Lipinski definition) is 3. The van der Waals surface area contributed by atoms with E-state index in [1.807, 2.05) is 30.5 Å². The molecule has 0 saturated carbocycles. The SMILES string of the molecule is COc1ccc(C(=O)NC(Cc2c[nH]c3ccccc23)C(=O)Nc2ccncc2)cc1. The van der Waals surface area contributed by atoms with Crippen LogP contribution in [-0.2, 0) is 11.2 Å². The zero-order valence-corrected chi connectivity index (χ0v) is 17.0. The van der Waals surface area contributed by atoms with Crippen molar-refractivity contribution in [3.63, 3.8) is 0 Å². The minimum atomic E-state index is -0.776. The number of para-hydroxylation sites is 1. The van der Waals surface area contributed by atoms with Gasteiger partial charge in [0.05, 0.1) is 7.11 Å². The molecule has 1 unspecified atom stereocenters. The van der Waals surface area contributed by atoms with Gasteiger partial charge >= 0.3 is 0 Å². The first kappa shape index (κ1) is 20.2. The first-order chi connectivity index (χ1) is 15.1. The second-order valence-electron chi connectivity index (χ2n) is 7.04.